The summed E-state index contributed by atoms with van der Waals surface area (Å²) < 4.78 is 29.3. The number of thioether (sulfide) groups is 1. The fraction of sp³-hybridized carbons (Fsp3) is 0.0952. The van der Waals surface area contributed by atoms with E-state index in [9.17, 15) is 18.0 Å². The van der Waals surface area contributed by atoms with Gasteiger partial charge in [-0.3, -0.25) is 10.2 Å². The summed E-state index contributed by atoms with van der Waals surface area (Å²) in [5.41, 5.74) is 0.712. The minimum Gasteiger partial charge on any atom is -0.423 e. The lowest BCUT2D eigenvalue weighted by atomic mass is 10.1. The van der Waals surface area contributed by atoms with Gasteiger partial charge in [0.2, 0.25) is 19.4 Å². The van der Waals surface area contributed by atoms with Crippen molar-refractivity contribution in [2.24, 2.45) is 10.1 Å². The van der Waals surface area contributed by atoms with Crippen LogP contribution in [0.2, 0.25) is 5.02 Å². The summed E-state index contributed by atoms with van der Waals surface area (Å²) in [6.45, 7) is 1.48. The van der Waals surface area contributed by atoms with Crippen LogP contribution in [0.5, 0.6) is 5.75 Å². The smallest absolute Gasteiger partial charge is 0.345 e. The third-order valence-corrected chi connectivity index (χ3v) is 8.00. The highest BCUT2D eigenvalue weighted by Crippen LogP contribution is 2.30. The monoisotopic (exact) mass is 502 g/mol. The van der Waals surface area contributed by atoms with Gasteiger partial charge in [-0.2, -0.15) is 10.0 Å². The molecule has 1 N–H and O–H groups in total. The number of fused-ring (bicyclic) bond motifs is 1. The molecule has 0 aliphatic carbocycles. The van der Waals surface area contributed by atoms with E-state index in [-0.39, 0.29) is 43.0 Å². The Kier molecular flexibility index (Phi) is 6.19. The van der Waals surface area contributed by atoms with Gasteiger partial charge in [-0.05, 0) is 47.7 Å². The Morgan fingerprint density at radius 1 is 1.21 bits per heavy atom. The molecular weight excluding hydrogens is 488 g/mol. The number of hydrogen-bond donors (Lipinski definition) is 1. The van der Waals surface area contributed by atoms with Crippen molar-refractivity contribution in [1.29, 1.82) is 5.41 Å². The van der Waals surface area contributed by atoms with Gasteiger partial charge in [0.25, 0.3) is 5.91 Å². The molecule has 0 saturated carbocycles. The minimum absolute atomic E-state index is 0.0241. The third kappa shape index (κ3) is 4.61. The highest BCUT2D eigenvalue weighted by molar-refractivity contribution is 8.42. The molecule has 0 saturated heterocycles. The number of hydrazone groups is 1. The Hall–Kier alpha value is -3.28. The lowest BCUT2D eigenvalue weighted by Gasteiger charge is -2.20. The molecule has 2 aromatic carbocycles. The zero-order valence-electron chi connectivity index (χ0n) is 17.0. The number of rotatable bonds is 4. The summed E-state index contributed by atoms with van der Waals surface area (Å²) in [5.74, 6) is -1.47. The molecule has 2 aromatic rings. The van der Waals surface area contributed by atoms with Crippen LogP contribution < -0.4 is 4.74 Å². The minimum atomic E-state index is -3.60. The molecular formula is C21H15ClN4O5S2. The maximum atomic E-state index is 12.5. The summed E-state index contributed by atoms with van der Waals surface area (Å²) in [4.78, 5) is 28.6. The van der Waals surface area contributed by atoms with E-state index in [1.165, 1.54) is 25.1 Å². The number of aliphatic imine (C=N–C) groups is 1. The zero-order chi connectivity index (χ0) is 23.8. The predicted molar refractivity (Wildman–Crippen MR) is 127 cm³/mol. The molecule has 0 atom stereocenters. The molecule has 1 amide bonds. The second kappa shape index (κ2) is 8.93. The lowest BCUT2D eigenvalue weighted by molar-refractivity contribution is -0.114. The molecule has 4 rings (SSSR count). The largest absolute Gasteiger partial charge is 0.423 e. The highest BCUT2D eigenvalue weighted by Gasteiger charge is 2.39. The molecule has 12 heteroatoms. The van der Waals surface area contributed by atoms with Crippen molar-refractivity contribution in [2.45, 2.75) is 6.92 Å². The highest BCUT2D eigenvalue weighted by atomic mass is 35.5. The average Bonchev–Trinajstić information content (AvgIpc) is 3.23. The van der Waals surface area contributed by atoms with Gasteiger partial charge in [-0.25, -0.2) is 13.2 Å². The number of nitrogens with zero attached hydrogens (tertiary/aromatic N) is 3. The van der Waals surface area contributed by atoms with Crippen LogP contribution in [-0.4, -0.2) is 46.4 Å². The van der Waals surface area contributed by atoms with E-state index in [0.29, 0.717) is 5.56 Å². The van der Waals surface area contributed by atoms with E-state index in [1.807, 2.05) is 0 Å². The van der Waals surface area contributed by atoms with Crippen molar-refractivity contribution < 1.29 is 22.7 Å². The molecule has 2 aliphatic rings. The van der Waals surface area contributed by atoms with Crippen LogP contribution in [-0.2, 0) is 14.6 Å². The Labute approximate surface area is 198 Å². The van der Waals surface area contributed by atoms with Gasteiger partial charge in [0.05, 0.1) is 21.9 Å². The van der Waals surface area contributed by atoms with Crippen LogP contribution in [0, 0.1) is 5.41 Å². The number of ether oxygens (including phenoxy) is 1. The number of benzene rings is 2. The van der Waals surface area contributed by atoms with Crippen molar-refractivity contribution in [3.05, 3.63) is 70.3 Å². The summed E-state index contributed by atoms with van der Waals surface area (Å²) in [7, 11) is -3.60. The van der Waals surface area contributed by atoms with E-state index in [2.05, 4.69) is 10.1 Å². The number of sulfone groups is 1. The lowest BCUT2D eigenvalue weighted by Crippen LogP contribution is -2.35. The van der Waals surface area contributed by atoms with Crippen molar-refractivity contribution in [3.63, 3.8) is 0 Å². The first-order valence-electron chi connectivity index (χ1n) is 9.49. The fourth-order valence-electron chi connectivity index (χ4n) is 2.81. The molecule has 0 radical (unpaired) electrons. The molecule has 2 aliphatic heterocycles. The van der Waals surface area contributed by atoms with Gasteiger partial charge in [0.15, 0.2) is 5.84 Å². The van der Waals surface area contributed by atoms with E-state index >= 15 is 0 Å². The number of esters is 1. The summed E-state index contributed by atoms with van der Waals surface area (Å²) in [6.07, 6.45) is 1.43. The molecule has 0 bridgehead atoms. The van der Waals surface area contributed by atoms with Crippen LogP contribution in [0.1, 0.15) is 22.8 Å². The maximum Gasteiger partial charge on any atom is 0.345 e. The SMILES string of the molecule is CCS(=O)(=O)C1=NN2C(=N)/C(=C/c3ccc(OC(=O)c4ccccc4Cl)cc3)C(=O)N=C2S1. The first-order chi connectivity index (χ1) is 15.7. The summed E-state index contributed by atoms with van der Waals surface area (Å²) in [5, 5.41) is 13.6. The second-order valence-corrected chi connectivity index (χ2v) is 10.5. The zero-order valence-corrected chi connectivity index (χ0v) is 19.4. The van der Waals surface area contributed by atoms with Crippen molar-refractivity contribution in [2.75, 3.05) is 5.75 Å². The molecule has 0 fully saturated rings. The number of carbonyl (C=O) groups is 2. The van der Waals surface area contributed by atoms with Crippen LogP contribution in [0.4, 0.5) is 0 Å². The van der Waals surface area contributed by atoms with Crippen LogP contribution in [0.3, 0.4) is 0 Å². The van der Waals surface area contributed by atoms with Gasteiger partial charge < -0.3 is 4.74 Å². The third-order valence-electron chi connectivity index (χ3n) is 4.58. The summed E-state index contributed by atoms with van der Waals surface area (Å²) in [6, 6.07) is 12.8. The molecule has 0 aromatic heterocycles. The Morgan fingerprint density at radius 3 is 2.58 bits per heavy atom. The first kappa shape index (κ1) is 22.9. The topological polar surface area (TPSA) is 129 Å². The quantitative estimate of drug-likeness (QED) is 0.384. The first-order valence-corrected chi connectivity index (χ1v) is 12.3. The normalized spacial score (nSPS) is 17.0. The number of nitrogens with one attached hydrogen (secondary N) is 1. The number of amidine groups is 2. The maximum absolute atomic E-state index is 12.5. The summed E-state index contributed by atoms with van der Waals surface area (Å²) >= 11 is 6.75. The van der Waals surface area contributed by atoms with Crippen molar-refractivity contribution in [1.82, 2.24) is 5.01 Å². The molecule has 0 unspecified atom stereocenters. The van der Waals surface area contributed by atoms with Gasteiger partial charge >= 0.3 is 5.97 Å². The number of hydrogen-bond acceptors (Lipinski definition) is 8. The van der Waals surface area contributed by atoms with Crippen molar-refractivity contribution in [3.8, 4) is 5.75 Å². The number of halogens is 1. The Balaban J connectivity index is 1.54. The van der Waals surface area contributed by atoms with Crippen LogP contribution in [0.15, 0.2) is 64.2 Å². The fourth-order valence-corrected chi connectivity index (χ4v) is 5.19. The molecule has 33 heavy (non-hydrogen) atoms. The second-order valence-electron chi connectivity index (χ2n) is 6.73. The van der Waals surface area contributed by atoms with Gasteiger partial charge in [-0.15, -0.1) is 5.10 Å². The van der Waals surface area contributed by atoms with Gasteiger partial charge in [-0.1, -0.05) is 42.8 Å². The van der Waals surface area contributed by atoms with E-state index in [4.69, 9.17) is 21.7 Å². The molecule has 0 spiro atoms. The molecule has 168 valence electrons. The number of amides is 1. The standard InChI is InChI=1S/C21H15ClN4O5S2/c1-2-33(29,30)21-25-26-17(23)15(18(27)24-20(26)32-21)11-12-7-9-13(10-8-12)31-19(28)14-5-3-4-6-16(14)22/h3-11,23H,2H2,1H3/b15-11-,23-17?. The van der Waals surface area contributed by atoms with Gasteiger partial charge in [0.1, 0.15) is 5.75 Å². The number of carbonyl (C=O) groups excluding carboxylic acids is 2. The van der Waals surface area contributed by atoms with Crippen LogP contribution >= 0.6 is 23.4 Å². The van der Waals surface area contributed by atoms with E-state index in [0.717, 1.165) is 16.8 Å². The van der Waals surface area contributed by atoms with Crippen molar-refractivity contribution >= 4 is 66.5 Å². The van der Waals surface area contributed by atoms with E-state index in [1.54, 1.807) is 36.4 Å². The average molecular weight is 503 g/mol. The van der Waals surface area contributed by atoms with E-state index < -0.39 is 21.7 Å². The Bertz CT molecular complexity index is 1380. The Morgan fingerprint density at radius 2 is 1.91 bits per heavy atom. The predicted octanol–water partition coefficient (Wildman–Crippen LogP) is 3.57. The van der Waals surface area contributed by atoms with Gasteiger partial charge in [0, 0.05) is 0 Å². The molecule has 2 heterocycles. The molecule has 9 nitrogen and oxygen atoms in total. The van der Waals surface area contributed by atoms with Crippen LogP contribution in [0.25, 0.3) is 6.08 Å².